The van der Waals surface area contributed by atoms with Crippen LogP contribution in [0.5, 0.6) is 0 Å². The highest BCUT2D eigenvalue weighted by Crippen LogP contribution is 1.64. The van der Waals surface area contributed by atoms with Crippen molar-refractivity contribution < 1.29 is 0 Å². The van der Waals surface area contributed by atoms with Gasteiger partial charge in [0.25, 0.3) is 0 Å². The van der Waals surface area contributed by atoms with E-state index in [-0.39, 0.29) is 0 Å². The van der Waals surface area contributed by atoms with Gasteiger partial charge in [-0.1, -0.05) is 0 Å². The molecular weight excluding hydrogens is 90.1 g/mol. The summed E-state index contributed by atoms with van der Waals surface area (Å²) in [6, 6.07) is 1.83. The zero-order chi connectivity index (χ0) is 5.54. The largest absolute Gasteiger partial charge is 0.512 e. The average Bonchev–Trinajstić information content (AvgIpc) is 2.23. The molecule has 1 rings (SSSR count). The van der Waals surface area contributed by atoms with Crippen molar-refractivity contribution in [1.82, 2.24) is 10.2 Å². The quantitative estimate of drug-likeness (QED) is 0.476. The number of nitrogens with one attached hydrogen (secondary N) is 1. The van der Waals surface area contributed by atoms with E-state index in [1.807, 2.05) is 6.07 Å². The number of H-pyrrole nitrogens is 1. The van der Waals surface area contributed by atoms with Crippen LogP contribution < -0.4 is 0 Å². The Kier molecular flexibility index (Phi) is 3.83. The number of aromatic amines is 1. The number of nitrogens with zero attached hydrogens (tertiary/aromatic N) is 2. The Hall–Kier alpha value is -1.30. The second-order valence-corrected chi connectivity index (χ2v) is 0.766. The molecule has 0 amide bonds. The molecular formula is C4H4N3-. The summed E-state index contributed by atoms with van der Waals surface area (Å²) in [5.74, 6) is 0. The highest BCUT2D eigenvalue weighted by molar-refractivity contribution is 4.72. The molecule has 7 heavy (non-hydrogen) atoms. The summed E-state index contributed by atoms with van der Waals surface area (Å²) in [6.07, 6.45) is 3.46. The first kappa shape index (κ1) is 5.70. The second kappa shape index (κ2) is 4.70. The summed E-state index contributed by atoms with van der Waals surface area (Å²) < 4.78 is 0. The lowest BCUT2D eigenvalue weighted by Crippen LogP contribution is -1.53. The lowest BCUT2D eigenvalue weighted by Gasteiger charge is -1.49. The minimum Gasteiger partial charge on any atom is -0.512 e. The highest BCUT2D eigenvalue weighted by atomic mass is 15.1. The summed E-state index contributed by atoms with van der Waals surface area (Å²) in [7, 11) is 0. The second-order valence-electron chi connectivity index (χ2n) is 0.766. The van der Waals surface area contributed by atoms with Gasteiger partial charge in [0.05, 0.1) is 0 Å². The van der Waals surface area contributed by atoms with Crippen LogP contribution in [0.2, 0.25) is 0 Å². The zero-order valence-corrected chi connectivity index (χ0v) is 3.63. The SMILES string of the molecule is [C-]#N.c1cn[nH]c1. The van der Waals surface area contributed by atoms with E-state index in [0.717, 1.165) is 0 Å². The van der Waals surface area contributed by atoms with Gasteiger partial charge in [-0.3, -0.25) is 5.10 Å². The molecule has 0 saturated heterocycles. The summed E-state index contributed by atoms with van der Waals surface area (Å²) in [6.45, 7) is 4.75. The molecule has 1 N–H and O–H groups in total. The van der Waals surface area contributed by atoms with Crippen LogP contribution in [-0.4, -0.2) is 10.2 Å². The van der Waals surface area contributed by atoms with E-state index in [1.165, 1.54) is 0 Å². The standard InChI is InChI=1S/C3H4N2.CN/c1-2-4-5-3-1;1-2/h1-3H,(H,4,5);/q;-1. The van der Waals surface area contributed by atoms with Crippen LogP contribution in [0.1, 0.15) is 0 Å². The van der Waals surface area contributed by atoms with Crippen molar-refractivity contribution in [3.8, 4) is 0 Å². The van der Waals surface area contributed by atoms with Crippen molar-refractivity contribution in [2.45, 2.75) is 0 Å². The van der Waals surface area contributed by atoms with Crippen molar-refractivity contribution in [3.63, 3.8) is 0 Å². The van der Waals surface area contributed by atoms with Crippen molar-refractivity contribution in [1.29, 1.82) is 5.26 Å². The zero-order valence-electron chi connectivity index (χ0n) is 3.63. The first-order chi connectivity index (χ1) is 3.50. The third-order valence-corrected chi connectivity index (χ3v) is 0.406. The van der Waals surface area contributed by atoms with Crippen LogP contribution in [0, 0.1) is 11.8 Å². The van der Waals surface area contributed by atoms with Crippen molar-refractivity contribution in [2.75, 3.05) is 0 Å². The topological polar surface area (TPSA) is 52.5 Å². The molecule has 0 aliphatic heterocycles. The molecule has 3 nitrogen and oxygen atoms in total. The van der Waals surface area contributed by atoms with E-state index in [9.17, 15) is 0 Å². The molecule has 1 aromatic heterocycles. The lowest BCUT2D eigenvalue weighted by molar-refractivity contribution is 1.09. The smallest absolute Gasteiger partial charge is 0.0487 e. The number of rotatable bonds is 0. The minimum atomic E-state index is 1.69. The van der Waals surface area contributed by atoms with E-state index in [0.29, 0.717) is 0 Å². The van der Waals surface area contributed by atoms with E-state index in [1.54, 1.807) is 12.4 Å². The third kappa shape index (κ3) is 2.50. The maximum absolute atomic E-state index is 6.25. The van der Waals surface area contributed by atoms with Gasteiger partial charge >= 0.3 is 0 Å². The molecule has 0 aliphatic carbocycles. The fourth-order valence-corrected chi connectivity index (χ4v) is 0.215. The minimum absolute atomic E-state index is 1.69. The Bertz CT molecular complexity index is 90.5. The summed E-state index contributed by atoms with van der Waals surface area (Å²) in [5.41, 5.74) is 0. The Balaban J connectivity index is 0.000000162. The molecule has 0 bridgehead atoms. The summed E-state index contributed by atoms with van der Waals surface area (Å²) in [5, 5.41) is 12.5. The predicted octanol–water partition coefficient (Wildman–Crippen LogP) is 0.506. The van der Waals surface area contributed by atoms with Crippen LogP contribution in [-0.2, 0) is 0 Å². The van der Waals surface area contributed by atoms with Gasteiger partial charge in [0, 0.05) is 12.4 Å². The van der Waals surface area contributed by atoms with Gasteiger partial charge in [-0.15, -0.1) is 0 Å². The molecule has 0 fully saturated rings. The van der Waals surface area contributed by atoms with Crippen LogP contribution in [0.3, 0.4) is 0 Å². The van der Waals surface area contributed by atoms with Gasteiger partial charge in [-0.2, -0.15) is 5.10 Å². The Labute approximate surface area is 41.6 Å². The monoisotopic (exact) mass is 94.0 g/mol. The molecule has 0 spiro atoms. The van der Waals surface area contributed by atoms with Gasteiger partial charge in [0.2, 0.25) is 0 Å². The van der Waals surface area contributed by atoms with Crippen LogP contribution in [0.25, 0.3) is 0 Å². The normalized spacial score (nSPS) is 6.00. The van der Waals surface area contributed by atoms with E-state index in [4.69, 9.17) is 11.8 Å². The molecule has 36 valence electrons. The molecule has 0 atom stereocenters. The molecule has 0 unspecified atom stereocenters. The molecule has 0 aliphatic rings. The van der Waals surface area contributed by atoms with E-state index >= 15 is 0 Å². The van der Waals surface area contributed by atoms with Crippen molar-refractivity contribution in [2.24, 2.45) is 0 Å². The van der Waals surface area contributed by atoms with Crippen LogP contribution in [0.15, 0.2) is 18.5 Å². The Morgan fingerprint density at radius 2 is 2.29 bits per heavy atom. The maximum Gasteiger partial charge on any atom is 0.0487 e. The van der Waals surface area contributed by atoms with E-state index < -0.39 is 0 Å². The van der Waals surface area contributed by atoms with Crippen LogP contribution in [0.4, 0.5) is 0 Å². The molecule has 0 radical (unpaired) electrons. The molecule has 0 aromatic carbocycles. The summed E-state index contributed by atoms with van der Waals surface area (Å²) >= 11 is 0. The summed E-state index contributed by atoms with van der Waals surface area (Å²) in [4.78, 5) is 0. The van der Waals surface area contributed by atoms with Gasteiger partial charge < -0.3 is 11.8 Å². The van der Waals surface area contributed by atoms with Gasteiger partial charge in [0.15, 0.2) is 0 Å². The third-order valence-electron chi connectivity index (χ3n) is 0.406. The molecule has 0 saturated carbocycles. The number of hydrogen-bond acceptors (Lipinski definition) is 2. The fourth-order valence-electron chi connectivity index (χ4n) is 0.215. The van der Waals surface area contributed by atoms with E-state index in [2.05, 4.69) is 10.2 Å². The molecule has 1 aromatic rings. The van der Waals surface area contributed by atoms with Crippen molar-refractivity contribution >= 4 is 0 Å². The first-order valence-electron chi connectivity index (χ1n) is 1.66. The molecule has 3 heteroatoms. The number of aromatic nitrogens is 2. The maximum atomic E-state index is 6.25. The Morgan fingerprint density at radius 1 is 1.57 bits per heavy atom. The number of hydrogen-bond donors (Lipinski definition) is 1. The fraction of sp³-hybridized carbons (Fsp3) is 0. The van der Waals surface area contributed by atoms with Gasteiger partial charge in [-0.05, 0) is 6.07 Å². The lowest BCUT2D eigenvalue weighted by atomic mass is 10.8. The van der Waals surface area contributed by atoms with Gasteiger partial charge in [0.1, 0.15) is 0 Å². The van der Waals surface area contributed by atoms with Gasteiger partial charge in [-0.25, -0.2) is 0 Å². The Morgan fingerprint density at radius 3 is 2.43 bits per heavy atom. The average molecular weight is 94.1 g/mol. The highest BCUT2D eigenvalue weighted by Gasteiger charge is 1.56. The first-order valence-corrected chi connectivity index (χ1v) is 1.66. The van der Waals surface area contributed by atoms with Crippen LogP contribution >= 0.6 is 0 Å². The predicted molar refractivity (Wildman–Crippen MR) is 23.6 cm³/mol. The van der Waals surface area contributed by atoms with Crippen molar-refractivity contribution in [3.05, 3.63) is 25.0 Å². The molecule has 1 heterocycles.